The summed E-state index contributed by atoms with van der Waals surface area (Å²) in [5, 5.41) is 8.04. The lowest BCUT2D eigenvalue weighted by atomic mass is 10.3. The van der Waals surface area contributed by atoms with Crippen LogP contribution in [0.15, 0.2) is 35.7 Å². The van der Waals surface area contributed by atoms with Gasteiger partial charge in [0, 0.05) is 9.90 Å². The Hall–Kier alpha value is -1.72. The van der Waals surface area contributed by atoms with E-state index in [2.05, 4.69) is 10.6 Å². The van der Waals surface area contributed by atoms with E-state index in [4.69, 9.17) is 16.3 Å². The molecule has 20 heavy (non-hydrogen) atoms. The van der Waals surface area contributed by atoms with Crippen molar-refractivity contribution in [2.45, 2.75) is 13.5 Å². The number of urea groups is 1. The van der Waals surface area contributed by atoms with Crippen molar-refractivity contribution in [1.82, 2.24) is 5.32 Å². The number of amides is 2. The Morgan fingerprint density at radius 2 is 2.25 bits per heavy atom. The number of anilines is 1. The van der Waals surface area contributed by atoms with E-state index in [-0.39, 0.29) is 6.03 Å². The van der Waals surface area contributed by atoms with Crippen LogP contribution in [0.1, 0.15) is 11.8 Å². The second-order valence-corrected chi connectivity index (χ2v) is 5.43. The van der Waals surface area contributed by atoms with Gasteiger partial charge in [-0.15, -0.1) is 11.3 Å². The molecule has 0 fully saturated rings. The molecule has 0 aliphatic rings. The summed E-state index contributed by atoms with van der Waals surface area (Å²) >= 11 is 7.53. The van der Waals surface area contributed by atoms with E-state index in [1.165, 1.54) is 0 Å². The van der Waals surface area contributed by atoms with Gasteiger partial charge in [-0.2, -0.15) is 0 Å². The molecule has 0 unspecified atom stereocenters. The van der Waals surface area contributed by atoms with Crippen molar-refractivity contribution in [1.29, 1.82) is 0 Å². The van der Waals surface area contributed by atoms with Crippen molar-refractivity contribution in [2.75, 3.05) is 11.9 Å². The lowest BCUT2D eigenvalue weighted by molar-refractivity contribution is 0.251. The summed E-state index contributed by atoms with van der Waals surface area (Å²) in [4.78, 5) is 13.0. The molecule has 0 aliphatic carbocycles. The van der Waals surface area contributed by atoms with E-state index in [0.717, 1.165) is 4.88 Å². The molecule has 1 aromatic heterocycles. The molecule has 4 nitrogen and oxygen atoms in total. The number of thiophene rings is 1. The summed E-state index contributed by atoms with van der Waals surface area (Å²) in [6.45, 7) is 2.90. The van der Waals surface area contributed by atoms with Crippen LogP contribution < -0.4 is 15.4 Å². The van der Waals surface area contributed by atoms with E-state index < -0.39 is 0 Å². The maximum atomic E-state index is 11.9. The van der Waals surface area contributed by atoms with Crippen LogP contribution in [0.25, 0.3) is 0 Å². The summed E-state index contributed by atoms with van der Waals surface area (Å²) in [6.07, 6.45) is 0. The van der Waals surface area contributed by atoms with Gasteiger partial charge in [0.15, 0.2) is 0 Å². The smallest absolute Gasteiger partial charge is 0.319 e. The van der Waals surface area contributed by atoms with E-state index in [0.29, 0.717) is 29.6 Å². The van der Waals surface area contributed by atoms with Gasteiger partial charge in [0.05, 0.1) is 18.8 Å². The molecule has 0 aliphatic heterocycles. The summed E-state index contributed by atoms with van der Waals surface area (Å²) in [5.74, 6) is 0.600. The Morgan fingerprint density at radius 1 is 1.40 bits per heavy atom. The molecule has 1 aromatic carbocycles. The second-order valence-electron chi connectivity index (χ2n) is 3.96. The highest BCUT2D eigenvalue weighted by Gasteiger charge is 2.08. The van der Waals surface area contributed by atoms with Crippen molar-refractivity contribution in [3.8, 4) is 5.75 Å². The zero-order valence-electron chi connectivity index (χ0n) is 11.0. The fourth-order valence-electron chi connectivity index (χ4n) is 1.63. The van der Waals surface area contributed by atoms with Crippen LogP contribution in [0.4, 0.5) is 10.5 Å². The highest BCUT2D eigenvalue weighted by atomic mass is 35.5. The summed E-state index contributed by atoms with van der Waals surface area (Å²) in [5.41, 5.74) is 0.558. The Kier molecular flexibility index (Phi) is 5.26. The second kappa shape index (κ2) is 7.17. The van der Waals surface area contributed by atoms with E-state index >= 15 is 0 Å². The van der Waals surface area contributed by atoms with Crippen LogP contribution >= 0.6 is 22.9 Å². The number of rotatable bonds is 5. The lowest BCUT2D eigenvalue weighted by Gasteiger charge is -2.12. The SMILES string of the molecule is CCOc1ccc(Cl)cc1NC(=O)NCc1cccs1. The average Bonchev–Trinajstić information content (AvgIpc) is 2.93. The van der Waals surface area contributed by atoms with Crippen LogP contribution in [-0.4, -0.2) is 12.6 Å². The van der Waals surface area contributed by atoms with Crippen molar-refractivity contribution in [2.24, 2.45) is 0 Å². The number of benzene rings is 1. The summed E-state index contributed by atoms with van der Waals surface area (Å²) in [6, 6.07) is 8.75. The third-order valence-electron chi connectivity index (χ3n) is 2.49. The van der Waals surface area contributed by atoms with Gasteiger partial charge in [0.2, 0.25) is 0 Å². The fourth-order valence-corrected chi connectivity index (χ4v) is 2.44. The van der Waals surface area contributed by atoms with Crippen molar-refractivity contribution < 1.29 is 9.53 Å². The number of halogens is 1. The maximum Gasteiger partial charge on any atom is 0.319 e. The average molecular weight is 311 g/mol. The first-order valence-corrected chi connectivity index (χ1v) is 7.44. The molecule has 0 saturated carbocycles. The predicted octanol–water partition coefficient (Wildman–Crippen LogP) is 4.12. The molecule has 106 valence electrons. The van der Waals surface area contributed by atoms with Gasteiger partial charge in [0.1, 0.15) is 5.75 Å². The van der Waals surface area contributed by atoms with Crippen molar-refractivity contribution >= 4 is 34.7 Å². The molecule has 6 heteroatoms. The summed E-state index contributed by atoms with van der Waals surface area (Å²) < 4.78 is 5.44. The molecule has 2 amide bonds. The first-order valence-electron chi connectivity index (χ1n) is 6.18. The molecule has 2 N–H and O–H groups in total. The highest BCUT2D eigenvalue weighted by Crippen LogP contribution is 2.27. The van der Waals surface area contributed by atoms with Crippen molar-refractivity contribution in [3.05, 3.63) is 45.6 Å². The van der Waals surface area contributed by atoms with Crippen LogP contribution in [0.2, 0.25) is 5.02 Å². The van der Waals surface area contributed by atoms with Crippen LogP contribution in [0, 0.1) is 0 Å². The first kappa shape index (κ1) is 14.7. The molecule has 0 saturated heterocycles. The van der Waals surface area contributed by atoms with Gasteiger partial charge in [-0.3, -0.25) is 0 Å². The Balaban J connectivity index is 1.97. The molecule has 2 aromatic rings. The molecule has 0 atom stereocenters. The molecule has 0 bridgehead atoms. The largest absolute Gasteiger partial charge is 0.492 e. The van der Waals surface area contributed by atoms with Gasteiger partial charge < -0.3 is 15.4 Å². The Labute approximate surface area is 126 Å². The van der Waals surface area contributed by atoms with E-state index in [9.17, 15) is 4.79 Å². The molecular weight excluding hydrogens is 296 g/mol. The summed E-state index contributed by atoms with van der Waals surface area (Å²) in [7, 11) is 0. The van der Waals surface area contributed by atoms with Crippen LogP contribution in [0.3, 0.4) is 0 Å². The molecular formula is C14H15ClN2O2S. The molecule has 0 radical (unpaired) electrons. The molecule has 2 rings (SSSR count). The number of ether oxygens (including phenoxy) is 1. The van der Waals surface area contributed by atoms with Crippen LogP contribution in [0.5, 0.6) is 5.75 Å². The Bertz CT molecular complexity index is 573. The normalized spacial score (nSPS) is 10.1. The third kappa shape index (κ3) is 4.15. The minimum atomic E-state index is -0.290. The Morgan fingerprint density at radius 3 is 2.95 bits per heavy atom. The number of carbonyl (C=O) groups is 1. The van der Waals surface area contributed by atoms with Gasteiger partial charge in [0.25, 0.3) is 0 Å². The number of hydrogen-bond donors (Lipinski definition) is 2. The monoisotopic (exact) mass is 310 g/mol. The maximum absolute atomic E-state index is 11.9. The predicted molar refractivity (Wildman–Crippen MR) is 82.8 cm³/mol. The highest BCUT2D eigenvalue weighted by molar-refractivity contribution is 7.09. The molecule has 1 heterocycles. The first-order chi connectivity index (χ1) is 9.69. The number of carbonyl (C=O) groups excluding carboxylic acids is 1. The topological polar surface area (TPSA) is 50.4 Å². The molecule has 0 spiro atoms. The number of hydrogen-bond acceptors (Lipinski definition) is 3. The number of nitrogens with one attached hydrogen (secondary N) is 2. The fraction of sp³-hybridized carbons (Fsp3) is 0.214. The lowest BCUT2D eigenvalue weighted by Crippen LogP contribution is -2.28. The zero-order chi connectivity index (χ0) is 14.4. The minimum Gasteiger partial charge on any atom is -0.492 e. The van der Waals surface area contributed by atoms with Gasteiger partial charge in [-0.05, 0) is 36.6 Å². The minimum absolute atomic E-state index is 0.290. The van der Waals surface area contributed by atoms with Crippen molar-refractivity contribution in [3.63, 3.8) is 0 Å². The van der Waals surface area contributed by atoms with Gasteiger partial charge in [-0.25, -0.2) is 4.79 Å². The van der Waals surface area contributed by atoms with E-state index in [1.54, 1.807) is 29.5 Å². The third-order valence-corrected chi connectivity index (χ3v) is 3.60. The van der Waals surface area contributed by atoms with E-state index in [1.807, 2.05) is 24.4 Å². The van der Waals surface area contributed by atoms with Crippen LogP contribution in [-0.2, 0) is 6.54 Å². The van der Waals surface area contributed by atoms with Gasteiger partial charge in [-0.1, -0.05) is 17.7 Å². The quantitative estimate of drug-likeness (QED) is 0.872. The standard InChI is InChI=1S/C14H15ClN2O2S/c1-2-19-13-6-5-10(15)8-12(13)17-14(18)16-9-11-4-3-7-20-11/h3-8H,2,9H2,1H3,(H2,16,17,18). The van der Waals surface area contributed by atoms with Gasteiger partial charge >= 0.3 is 6.03 Å². The zero-order valence-corrected chi connectivity index (χ0v) is 12.6.